The van der Waals surface area contributed by atoms with Crippen molar-refractivity contribution in [1.82, 2.24) is 20.5 Å². The number of rotatable bonds is 6. The Labute approximate surface area is 167 Å². The van der Waals surface area contributed by atoms with E-state index < -0.39 is 0 Å². The fraction of sp³-hybridized carbons (Fsp3) is 0.611. The lowest BCUT2D eigenvalue weighted by Gasteiger charge is -2.18. The van der Waals surface area contributed by atoms with Crippen LogP contribution in [0.25, 0.3) is 0 Å². The third kappa shape index (κ3) is 6.80. The number of amides is 1. The second-order valence-electron chi connectivity index (χ2n) is 6.14. The minimum absolute atomic E-state index is 0. The molecule has 6 nitrogen and oxygen atoms in total. The molecule has 1 aliphatic rings. The summed E-state index contributed by atoms with van der Waals surface area (Å²) in [5.74, 6) is 1.06. The number of aliphatic imine (C=N–C) groups is 1. The lowest BCUT2D eigenvalue weighted by Crippen LogP contribution is -2.45. The van der Waals surface area contributed by atoms with Crippen molar-refractivity contribution >= 4 is 35.8 Å². The Kier molecular flexibility index (Phi) is 9.77. The van der Waals surface area contributed by atoms with Crippen LogP contribution in [0.5, 0.6) is 0 Å². The Bertz CT molecular complexity index is 578. The zero-order valence-electron chi connectivity index (χ0n) is 15.4. The van der Waals surface area contributed by atoms with Crippen molar-refractivity contribution in [3.63, 3.8) is 0 Å². The first-order valence-corrected chi connectivity index (χ1v) is 8.86. The smallest absolute Gasteiger partial charge is 0.222 e. The molecule has 0 aliphatic carbocycles. The maximum Gasteiger partial charge on any atom is 0.222 e. The molecule has 1 aromatic heterocycles. The van der Waals surface area contributed by atoms with Crippen LogP contribution in [-0.2, 0) is 11.2 Å². The standard InChI is InChI=1S/C18H29N5O.HI/c1-4-17(24)23-11-8-16(13-23)22-18(20-5-2)21-10-7-15-6-9-19-12-14(15)3;/h6,9,12,16H,4-5,7-8,10-11,13H2,1-3H3,(H2,20,21,22);1H. The molecule has 2 rings (SSSR count). The Morgan fingerprint density at radius 2 is 2.24 bits per heavy atom. The van der Waals surface area contributed by atoms with Gasteiger partial charge in [0.05, 0.1) is 0 Å². The van der Waals surface area contributed by atoms with Crippen molar-refractivity contribution in [3.8, 4) is 0 Å². The highest BCUT2D eigenvalue weighted by molar-refractivity contribution is 14.0. The van der Waals surface area contributed by atoms with Gasteiger partial charge < -0.3 is 15.5 Å². The number of guanidine groups is 1. The SMILES string of the molecule is CCNC(=NCCc1ccncc1C)NC1CCN(C(=O)CC)C1.I. The molecule has 1 amide bonds. The minimum Gasteiger partial charge on any atom is -0.357 e. The second-order valence-corrected chi connectivity index (χ2v) is 6.14. The maximum absolute atomic E-state index is 11.8. The topological polar surface area (TPSA) is 69.6 Å². The maximum atomic E-state index is 11.8. The number of nitrogens with zero attached hydrogens (tertiary/aromatic N) is 3. The number of halogens is 1. The number of nitrogens with one attached hydrogen (secondary N) is 2. The number of aryl methyl sites for hydroxylation is 1. The highest BCUT2D eigenvalue weighted by atomic mass is 127. The number of aromatic nitrogens is 1. The van der Waals surface area contributed by atoms with E-state index in [4.69, 9.17) is 0 Å². The molecule has 1 saturated heterocycles. The van der Waals surface area contributed by atoms with Gasteiger partial charge in [0.15, 0.2) is 5.96 Å². The largest absolute Gasteiger partial charge is 0.357 e. The summed E-state index contributed by atoms with van der Waals surface area (Å²) in [4.78, 5) is 22.5. The van der Waals surface area contributed by atoms with Gasteiger partial charge in [0, 0.05) is 51.0 Å². The van der Waals surface area contributed by atoms with E-state index in [-0.39, 0.29) is 35.9 Å². The van der Waals surface area contributed by atoms with E-state index in [1.165, 1.54) is 11.1 Å². The van der Waals surface area contributed by atoms with Gasteiger partial charge in [-0.1, -0.05) is 6.92 Å². The van der Waals surface area contributed by atoms with Gasteiger partial charge in [-0.2, -0.15) is 0 Å². The first-order valence-electron chi connectivity index (χ1n) is 8.86. The molecule has 1 unspecified atom stereocenters. The van der Waals surface area contributed by atoms with Gasteiger partial charge in [0.1, 0.15) is 0 Å². The first-order chi connectivity index (χ1) is 11.6. The van der Waals surface area contributed by atoms with E-state index in [0.29, 0.717) is 6.42 Å². The highest BCUT2D eigenvalue weighted by Crippen LogP contribution is 2.10. The van der Waals surface area contributed by atoms with Crippen LogP contribution in [0.2, 0.25) is 0 Å². The molecule has 1 aromatic rings. The molecular weight excluding hydrogens is 429 g/mol. The zero-order valence-corrected chi connectivity index (χ0v) is 17.7. The van der Waals surface area contributed by atoms with Crippen LogP contribution in [0.15, 0.2) is 23.5 Å². The molecule has 1 aliphatic heterocycles. The number of carbonyl (C=O) groups excluding carboxylic acids is 1. The molecule has 0 radical (unpaired) electrons. The van der Waals surface area contributed by atoms with Gasteiger partial charge in [-0.25, -0.2) is 0 Å². The molecule has 2 N–H and O–H groups in total. The zero-order chi connectivity index (χ0) is 17.4. The number of hydrogen-bond acceptors (Lipinski definition) is 3. The lowest BCUT2D eigenvalue weighted by atomic mass is 10.1. The van der Waals surface area contributed by atoms with E-state index in [9.17, 15) is 4.79 Å². The van der Waals surface area contributed by atoms with Crippen molar-refractivity contribution in [2.75, 3.05) is 26.2 Å². The number of pyridine rings is 1. The Morgan fingerprint density at radius 1 is 1.44 bits per heavy atom. The molecule has 2 heterocycles. The fourth-order valence-electron chi connectivity index (χ4n) is 2.91. The van der Waals surface area contributed by atoms with E-state index in [1.54, 1.807) is 0 Å². The molecule has 1 fully saturated rings. The summed E-state index contributed by atoms with van der Waals surface area (Å²) in [5.41, 5.74) is 2.49. The lowest BCUT2D eigenvalue weighted by molar-refractivity contribution is -0.129. The molecule has 0 spiro atoms. The van der Waals surface area contributed by atoms with Crippen molar-refractivity contribution in [2.24, 2.45) is 4.99 Å². The number of carbonyl (C=O) groups is 1. The summed E-state index contributed by atoms with van der Waals surface area (Å²) in [6.07, 6.45) is 6.16. The predicted molar refractivity (Wildman–Crippen MR) is 112 cm³/mol. The molecular formula is C18H30IN5O. The molecule has 0 bridgehead atoms. The van der Waals surface area contributed by atoms with E-state index >= 15 is 0 Å². The summed E-state index contributed by atoms with van der Waals surface area (Å²) >= 11 is 0. The third-order valence-electron chi connectivity index (χ3n) is 4.32. The number of likely N-dealkylation sites (tertiary alicyclic amines) is 1. The molecule has 1 atom stereocenters. The Balaban J connectivity index is 0.00000312. The van der Waals surface area contributed by atoms with Crippen molar-refractivity contribution in [1.29, 1.82) is 0 Å². The van der Waals surface area contributed by atoms with Crippen LogP contribution in [0.4, 0.5) is 0 Å². The average molecular weight is 459 g/mol. The van der Waals surface area contributed by atoms with Crippen molar-refractivity contribution in [3.05, 3.63) is 29.6 Å². The van der Waals surface area contributed by atoms with Crippen LogP contribution in [0.1, 0.15) is 37.8 Å². The van der Waals surface area contributed by atoms with Gasteiger partial charge in [0.25, 0.3) is 0 Å². The van der Waals surface area contributed by atoms with Crippen LogP contribution in [0, 0.1) is 6.92 Å². The monoisotopic (exact) mass is 459 g/mol. The summed E-state index contributed by atoms with van der Waals surface area (Å²) in [7, 11) is 0. The molecule has 140 valence electrons. The van der Waals surface area contributed by atoms with Crippen LogP contribution < -0.4 is 10.6 Å². The predicted octanol–water partition coefficient (Wildman–Crippen LogP) is 2.12. The Morgan fingerprint density at radius 3 is 2.92 bits per heavy atom. The average Bonchev–Trinajstić information content (AvgIpc) is 3.04. The number of hydrogen-bond donors (Lipinski definition) is 2. The summed E-state index contributed by atoms with van der Waals surface area (Å²) in [5, 5.41) is 6.75. The summed E-state index contributed by atoms with van der Waals surface area (Å²) in [6, 6.07) is 2.33. The van der Waals surface area contributed by atoms with Gasteiger partial charge in [-0.05, 0) is 43.9 Å². The molecule has 25 heavy (non-hydrogen) atoms. The second kappa shape index (κ2) is 11.3. The highest BCUT2D eigenvalue weighted by Gasteiger charge is 2.25. The summed E-state index contributed by atoms with van der Waals surface area (Å²) in [6.45, 7) is 9.20. The van der Waals surface area contributed by atoms with E-state index in [0.717, 1.165) is 45.0 Å². The Hall–Kier alpha value is -1.38. The fourth-order valence-corrected chi connectivity index (χ4v) is 2.91. The normalized spacial score (nSPS) is 17.2. The van der Waals surface area contributed by atoms with E-state index in [2.05, 4.69) is 40.5 Å². The van der Waals surface area contributed by atoms with Gasteiger partial charge >= 0.3 is 0 Å². The van der Waals surface area contributed by atoms with Gasteiger partial charge in [-0.3, -0.25) is 14.8 Å². The molecule has 0 aromatic carbocycles. The van der Waals surface area contributed by atoms with Crippen molar-refractivity contribution < 1.29 is 4.79 Å². The quantitative estimate of drug-likeness (QED) is 0.389. The van der Waals surface area contributed by atoms with Crippen molar-refractivity contribution in [2.45, 2.75) is 46.1 Å². The molecule has 0 saturated carbocycles. The molecule has 7 heteroatoms. The minimum atomic E-state index is 0. The van der Waals surface area contributed by atoms with Gasteiger partial charge in [0.2, 0.25) is 5.91 Å². The van der Waals surface area contributed by atoms with Crippen LogP contribution in [0.3, 0.4) is 0 Å². The van der Waals surface area contributed by atoms with Crippen LogP contribution >= 0.6 is 24.0 Å². The third-order valence-corrected chi connectivity index (χ3v) is 4.32. The van der Waals surface area contributed by atoms with E-state index in [1.807, 2.05) is 24.2 Å². The van der Waals surface area contributed by atoms with Crippen LogP contribution in [-0.4, -0.2) is 54.0 Å². The van der Waals surface area contributed by atoms with Gasteiger partial charge in [-0.15, -0.1) is 24.0 Å². The first kappa shape index (κ1) is 21.7. The summed E-state index contributed by atoms with van der Waals surface area (Å²) < 4.78 is 0.